The van der Waals surface area contributed by atoms with Crippen molar-refractivity contribution in [3.05, 3.63) is 48.9 Å². The number of hydrogen-bond acceptors (Lipinski definition) is 2. The normalized spacial score (nSPS) is 11.8. The van der Waals surface area contributed by atoms with Crippen molar-refractivity contribution in [1.29, 1.82) is 0 Å². The van der Waals surface area contributed by atoms with Gasteiger partial charge in [0.15, 0.2) is 0 Å². The molecule has 0 radical (unpaired) electrons. The molecule has 76 valence electrons. The van der Waals surface area contributed by atoms with Crippen LogP contribution in [0.5, 0.6) is 0 Å². The van der Waals surface area contributed by atoms with E-state index in [4.69, 9.17) is 0 Å². The highest BCUT2D eigenvalue weighted by Crippen LogP contribution is 2.20. The minimum Gasteiger partial charge on any atom is -0.284 e. The van der Waals surface area contributed by atoms with Crippen LogP contribution in [0.1, 0.15) is 0 Å². The lowest BCUT2D eigenvalue weighted by atomic mass is 10.2. The van der Waals surface area contributed by atoms with E-state index in [0.717, 1.165) is 22.2 Å². The fourth-order valence-corrected chi connectivity index (χ4v) is 2.20. The zero-order valence-electron chi connectivity index (χ0n) is 8.41. The average Bonchev–Trinajstić information content (AvgIpc) is 2.98. The maximum atomic E-state index is 4.40. The standard InChI is InChI=1S/C12H8N4/c1-2-4-10-9(3-1)12-13-7-8-15(12)11-5-6-14-16(10)11/h1-8H. The summed E-state index contributed by atoms with van der Waals surface area (Å²) in [7, 11) is 0. The van der Waals surface area contributed by atoms with Gasteiger partial charge in [0, 0.05) is 23.8 Å². The van der Waals surface area contributed by atoms with Crippen LogP contribution in [0.4, 0.5) is 0 Å². The van der Waals surface area contributed by atoms with Gasteiger partial charge in [0.25, 0.3) is 0 Å². The summed E-state index contributed by atoms with van der Waals surface area (Å²) in [6, 6.07) is 10.2. The molecule has 0 aliphatic heterocycles. The molecule has 0 unspecified atom stereocenters. The summed E-state index contributed by atoms with van der Waals surface area (Å²) in [5, 5.41) is 5.46. The number of hydrogen-bond donors (Lipinski definition) is 0. The minimum atomic E-state index is 0.976. The van der Waals surface area contributed by atoms with Crippen LogP contribution in [-0.4, -0.2) is 19.0 Å². The highest BCUT2D eigenvalue weighted by atomic mass is 15.3. The molecule has 0 aliphatic carbocycles. The summed E-state index contributed by atoms with van der Waals surface area (Å²) in [5.41, 5.74) is 3.09. The van der Waals surface area contributed by atoms with Gasteiger partial charge in [-0.25, -0.2) is 9.50 Å². The molecule has 0 fully saturated rings. The van der Waals surface area contributed by atoms with Gasteiger partial charge in [-0.2, -0.15) is 5.10 Å². The first-order valence-electron chi connectivity index (χ1n) is 5.13. The summed E-state index contributed by atoms with van der Waals surface area (Å²) >= 11 is 0. The van der Waals surface area contributed by atoms with E-state index in [0.29, 0.717) is 0 Å². The molecule has 0 spiro atoms. The Bertz CT molecular complexity index is 740. The van der Waals surface area contributed by atoms with E-state index in [2.05, 4.69) is 26.6 Å². The van der Waals surface area contributed by atoms with Crippen LogP contribution >= 0.6 is 0 Å². The van der Waals surface area contributed by atoms with Gasteiger partial charge in [-0.15, -0.1) is 0 Å². The van der Waals surface area contributed by atoms with Crippen LogP contribution in [-0.2, 0) is 0 Å². The Morgan fingerprint density at radius 2 is 1.94 bits per heavy atom. The van der Waals surface area contributed by atoms with Crippen LogP contribution in [0.3, 0.4) is 0 Å². The number of aromatic nitrogens is 4. The van der Waals surface area contributed by atoms with Crippen molar-refractivity contribution in [2.45, 2.75) is 0 Å². The Morgan fingerprint density at radius 1 is 1.00 bits per heavy atom. The van der Waals surface area contributed by atoms with Crippen molar-refractivity contribution in [3.63, 3.8) is 0 Å². The Labute approximate surface area is 90.8 Å². The number of imidazole rings is 1. The van der Waals surface area contributed by atoms with E-state index in [1.54, 1.807) is 6.20 Å². The highest BCUT2D eigenvalue weighted by Gasteiger charge is 2.07. The predicted octanol–water partition coefficient (Wildman–Crippen LogP) is 2.14. The van der Waals surface area contributed by atoms with Crippen LogP contribution in [0.2, 0.25) is 0 Å². The number of para-hydroxylation sites is 1. The van der Waals surface area contributed by atoms with E-state index >= 15 is 0 Å². The van der Waals surface area contributed by atoms with Crippen LogP contribution in [0.25, 0.3) is 22.2 Å². The first kappa shape index (κ1) is 7.87. The van der Waals surface area contributed by atoms with Gasteiger partial charge >= 0.3 is 0 Å². The van der Waals surface area contributed by atoms with E-state index in [-0.39, 0.29) is 0 Å². The molecular weight excluding hydrogens is 200 g/mol. The molecule has 4 nitrogen and oxygen atoms in total. The molecule has 3 heterocycles. The van der Waals surface area contributed by atoms with Crippen molar-refractivity contribution in [3.8, 4) is 0 Å². The second kappa shape index (κ2) is 2.61. The molecule has 4 heteroatoms. The quantitative estimate of drug-likeness (QED) is 0.443. The lowest BCUT2D eigenvalue weighted by molar-refractivity contribution is 0.971. The topological polar surface area (TPSA) is 34.6 Å². The fourth-order valence-electron chi connectivity index (χ4n) is 2.20. The zero-order chi connectivity index (χ0) is 10.5. The molecule has 0 amide bonds. The van der Waals surface area contributed by atoms with Crippen molar-refractivity contribution < 1.29 is 0 Å². The summed E-state index contributed by atoms with van der Waals surface area (Å²) in [6.07, 6.45) is 5.58. The van der Waals surface area contributed by atoms with Crippen molar-refractivity contribution in [2.75, 3.05) is 0 Å². The summed E-state index contributed by atoms with van der Waals surface area (Å²) in [4.78, 5) is 4.40. The Hall–Kier alpha value is -2.36. The molecule has 0 N–H and O–H groups in total. The maximum Gasteiger partial charge on any atom is 0.147 e. The van der Waals surface area contributed by atoms with Crippen molar-refractivity contribution in [2.24, 2.45) is 0 Å². The second-order valence-electron chi connectivity index (χ2n) is 3.74. The second-order valence-corrected chi connectivity index (χ2v) is 3.74. The molecule has 16 heavy (non-hydrogen) atoms. The van der Waals surface area contributed by atoms with Gasteiger partial charge in [-0.3, -0.25) is 4.40 Å². The first-order chi connectivity index (χ1) is 7.95. The molecule has 0 bridgehead atoms. The molecule has 0 saturated carbocycles. The summed E-state index contributed by atoms with van der Waals surface area (Å²) in [5.74, 6) is 0. The van der Waals surface area contributed by atoms with Gasteiger partial charge in [0.05, 0.1) is 11.7 Å². The molecule has 0 aliphatic rings. The number of fused-ring (bicyclic) bond motifs is 6. The predicted molar refractivity (Wildman–Crippen MR) is 61.4 cm³/mol. The van der Waals surface area contributed by atoms with Gasteiger partial charge in [0.1, 0.15) is 11.3 Å². The maximum absolute atomic E-state index is 4.40. The van der Waals surface area contributed by atoms with E-state index < -0.39 is 0 Å². The Balaban J connectivity index is 2.51. The summed E-state index contributed by atoms with van der Waals surface area (Å²) < 4.78 is 3.99. The van der Waals surface area contributed by atoms with Crippen LogP contribution < -0.4 is 0 Å². The largest absolute Gasteiger partial charge is 0.284 e. The number of benzene rings is 1. The molecular formula is C12H8N4. The Morgan fingerprint density at radius 3 is 2.94 bits per heavy atom. The van der Waals surface area contributed by atoms with Crippen LogP contribution in [0, 0.1) is 0 Å². The highest BCUT2D eigenvalue weighted by molar-refractivity contribution is 5.93. The third-order valence-electron chi connectivity index (χ3n) is 2.88. The van der Waals surface area contributed by atoms with E-state index in [9.17, 15) is 0 Å². The molecule has 0 saturated heterocycles. The van der Waals surface area contributed by atoms with E-state index in [1.165, 1.54) is 0 Å². The monoisotopic (exact) mass is 208 g/mol. The zero-order valence-corrected chi connectivity index (χ0v) is 8.41. The molecule has 4 aromatic rings. The molecule has 1 aromatic carbocycles. The average molecular weight is 208 g/mol. The first-order valence-corrected chi connectivity index (χ1v) is 5.13. The molecule has 3 aromatic heterocycles. The lowest BCUT2D eigenvalue weighted by Crippen LogP contribution is -1.97. The number of rotatable bonds is 0. The fraction of sp³-hybridized carbons (Fsp3) is 0. The third-order valence-corrected chi connectivity index (χ3v) is 2.88. The number of nitrogens with zero attached hydrogens (tertiary/aromatic N) is 4. The van der Waals surface area contributed by atoms with Crippen molar-refractivity contribution in [1.82, 2.24) is 19.0 Å². The SMILES string of the molecule is c1ccc2c(c1)c1nccn1c1ccnn21. The van der Waals surface area contributed by atoms with Gasteiger partial charge in [-0.05, 0) is 12.1 Å². The van der Waals surface area contributed by atoms with Gasteiger partial charge < -0.3 is 0 Å². The van der Waals surface area contributed by atoms with Crippen LogP contribution in [0.15, 0.2) is 48.9 Å². The lowest BCUT2D eigenvalue weighted by Gasteiger charge is -2.04. The smallest absolute Gasteiger partial charge is 0.147 e. The Kier molecular flexibility index (Phi) is 1.28. The summed E-state index contributed by atoms with van der Waals surface area (Å²) in [6.45, 7) is 0. The molecule has 0 atom stereocenters. The molecule has 4 rings (SSSR count). The third kappa shape index (κ3) is 0.798. The van der Waals surface area contributed by atoms with E-state index in [1.807, 2.05) is 35.1 Å². The van der Waals surface area contributed by atoms with Gasteiger partial charge in [0.2, 0.25) is 0 Å². The minimum absolute atomic E-state index is 0.976. The van der Waals surface area contributed by atoms with Gasteiger partial charge in [-0.1, -0.05) is 12.1 Å². The van der Waals surface area contributed by atoms with Crippen molar-refractivity contribution >= 4 is 22.2 Å².